The van der Waals surface area contributed by atoms with Gasteiger partial charge in [-0.1, -0.05) is 0 Å². The van der Waals surface area contributed by atoms with Gasteiger partial charge >= 0.3 is 10.4 Å². The molecule has 0 bridgehead atoms. The van der Waals surface area contributed by atoms with Crippen LogP contribution in [0.1, 0.15) is 6.92 Å². The highest BCUT2D eigenvalue weighted by Gasteiger charge is 1.92. The number of imidazole rings is 1. The third-order valence-corrected chi connectivity index (χ3v) is 1.19. The van der Waals surface area contributed by atoms with Crippen LogP contribution in [-0.2, 0) is 36.5 Å². The summed E-state index contributed by atoms with van der Waals surface area (Å²) in [4.78, 5) is 0. The summed E-state index contributed by atoms with van der Waals surface area (Å²) in [6, 6.07) is 0. The standard InChI is InChI=1S/C6H11N2.H2O4S.OS/c1-3-8-5-4-7(2)6-8;1-5(2,3)4;1-2/h4-6H,3H2,1-2H3;(H2,1,2,3,4);/q+1;;. The van der Waals surface area contributed by atoms with Crippen LogP contribution >= 0.6 is 0 Å². The first-order chi connectivity index (χ1) is 6.83. The van der Waals surface area contributed by atoms with Crippen molar-refractivity contribution in [1.29, 1.82) is 0 Å². The van der Waals surface area contributed by atoms with Gasteiger partial charge in [-0.15, -0.1) is 0 Å². The molecule has 0 aliphatic rings. The van der Waals surface area contributed by atoms with E-state index in [1.807, 2.05) is 17.8 Å². The van der Waals surface area contributed by atoms with Crippen molar-refractivity contribution in [2.75, 3.05) is 0 Å². The highest BCUT2D eigenvalue weighted by atomic mass is 32.3. The van der Waals surface area contributed by atoms with Gasteiger partial charge in [0, 0.05) is 0 Å². The average molecular weight is 257 g/mol. The maximum Gasteiger partial charge on any atom is 0.394 e. The molecule has 1 aromatic rings. The summed E-state index contributed by atoms with van der Waals surface area (Å²) in [5.74, 6) is 0. The third-order valence-electron chi connectivity index (χ3n) is 1.19. The fraction of sp³-hybridized carbons (Fsp3) is 0.500. The van der Waals surface area contributed by atoms with E-state index in [0.29, 0.717) is 0 Å². The molecule has 2 N–H and O–H groups in total. The predicted molar refractivity (Wildman–Crippen MR) is 53.6 cm³/mol. The van der Waals surface area contributed by atoms with Gasteiger partial charge in [0.05, 0.1) is 13.6 Å². The maximum atomic E-state index is 8.74. The maximum absolute atomic E-state index is 8.74. The van der Waals surface area contributed by atoms with Crippen LogP contribution < -0.4 is 4.57 Å². The number of hydrogen-bond acceptors (Lipinski definition) is 4. The smallest absolute Gasteiger partial charge is 0.264 e. The van der Waals surface area contributed by atoms with E-state index in [2.05, 4.69) is 36.5 Å². The second-order valence-corrected chi connectivity index (χ2v) is 3.25. The molecular formula is C6H13N2O5S2+. The molecule has 15 heavy (non-hydrogen) atoms. The summed E-state index contributed by atoms with van der Waals surface area (Å²) in [6.07, 6.45) is 6.14. The van der Waals surface area contributed by atoms with Gasteiger partial charge in [0.2, 0.25) is 6.33 Å². The Balaban J connectivity index is 0. The fourth-order valence-electron chi connectivity index (χ4n) is 0.689. The lowest BCUT2D eigenvalue weighted by molar-refractivity contribution is -0.671. The summed E-state index contributed by atoms with van der Waals surface area (Å²) in [5.41, 5.74) is 0. The quantitative estimate of drug-likeness (QED) is 0.512. The van der Waals surface area contributed by atoms with Gasteiger partial charge < -0.3 is 0 Å². The molecule has 0 radical (unpaired) electrons. The number of rotatable bonds is 1. The lowest BCUT2D eigenvalue weighted by Gasteiger charge is -1.81. The van der Waals surface area contributed by atoms with Crippen molar-refractivity contribution in [3.63, 3.8) is 0 Å². The largest absolute Gasteiger partial charge is 0.394 e. The number of aryl methyl sites for hydroxylation is 2. The Kier molecular flexibility index (Phi) is 9.27. The molecule has 1 heterocycles. The number of hydrogen-bond donors (Lipinski definition) is 2. The summed E-state index contributed by atoms with van der Waals surface area (Å²) in [7, 11) is -2.65. The first kappa shape index (κ1) is 16.5. The molecule has 0 aromatic carbocycles. The van der Waals surface area contributed by atoms with Crippen molar-refractivity contribution >= 4 is 22.9 Å². The normalized spacial score (nSPS) is 9.33. The Morgan fingerprint density at radius 2 is 1.80 bits per heavy atom. The predicted octanol–water partition coefficient (Wildman–Crippen LogP) is -0.657. The summed E-state index contributed by atoms with van der Waals surface area (Å²) < 4.78 is 43.6. The topological polar surface area (TPSA) is 100 Å². The van der Waals surface area contributed by atoms with Crippen LogP contribution in [0.2, 0.25) is 0 Å². The van der Waals surface area contributed by atoms with E-state index >= 15 is 0 Å². The molecule has 1 aromatic heterocycles. The summed E-state index contributed by atoms with van der Waals surface area (Å²) >= 11 is 2.83. The molecule has 1 rings (SSSR count). The molecule has 9 heteroatoms. The van der Waals surface area contributed by atoms with E-state index in [1.54, 1.807) is 0 Å². The molecule has 0 aliphatic carbocycles. The molecule has 0 spiro atoms. The van der Waals surface area contributed by atoms with Crippen molar-refractivity contribution in [3.8, 4) is 0 Å². The minimum Gasteiger partial charge on any atom is -0.264 e. The Morgan fingerprint density at radius 3 is 1.93 bits per heavy atom. The van der Waals surface area contributed by atoms with Gasteiger partial charge in [-0.05, 0) is 6.92 Å². The highest BCUT2D eigenvalue weighted by Crippen LogP contribution is 1.79. The van der Waals surface area contributed by atoms with E-state index in [1.165, 1.54) is 0 Å². The molecule has 7 nitrogen and oxygen atoms in total. The van der Waals surface area contributed by atoms with Gasteiger partial charge in [-0.2, -0.15) is 12.6 Å². The van der Waals surface area contributed by atoms with E-state index in [4.69, 9.17) is 21.7 Å². The van der Waals surface area contributed by atoms with E-state index in [0.717, 1.165) is 6.54 Å². The van der Waals surface area contributed by atoms with Crippen molar-refractivity contribution in [1.82, 2.24) is 4.57 Å². The molecule has 0 aliphatic heterocycles. The fourth-order valence-corrected chi connectivity index (χ4v) is 0.689. The van der Waals surface area contributed by atoms with Crippen molar-refractivity contribution in [3.05, 3.63) is 18.7 Å². The van der Waals surface area contributed by atoms with Gasteiger partial charge in [-0.25, -0.2) is 9.13 Å². The van der Waals surface area contributed by atoms with Crippen molar-refractivity contribution in [2.45, 2.75) is 13.5 Å². The molecule has 0 fully saturated rings. The van der Waals surface area contributed by atoms with Crippen LogP contribution in [0, 0.1) is 0 Å². The van der Waals surface area contributed by atoms with Crippen LogP contribution in [0.4, 0.5) is 0 Å². The second kappa shape index (κ2) is 8.41. The molecular weight excluding hydrogens is 244 g/mol. The second-order valence-electron chi connectivity index (χ2n) is 2.36. The van der Waals surface area contributed by atoms with Gasteiger partial charge in [-0.3, -0.25) is 9.11 Å². The summed E-state index contributed by atoms with van der Waals surface area (Å²) in [5, 5.41) is 0. The Labute approximate surface area is 93.5 Å². The Morgan fingerprint density at radius 1 is 1.40 bits per heavy atom. The zero-order chi connectivity index (χ0) is 12.5. The average Bonchev–Trinajstić information content (AvgIpc) is 2.52. The zero-order valence-corrected chi connectivity index (χ0v) is 9.90. The third kappa shape index (κ3) is 15.8. The minimum absolute atomic E-state index is 1.06. The Hall–Kier alpha value is -0.900. The molecule has 0 saturated heterocycles. The number of nitrogens with zero attached hydrogens (tertiary/aromatic N) is 2. The summed E-state index contributed by atoms with van der Waals surface area (Å²) in [6.45, 7) is 3.18. The van der Waals surface area contributed by atoms with Crippen LogP contribution in [0.15, 0.2) is 18.7 Å². The van der Waals surface area contributed by atoms with Crippen LogP contribution in [-0.4, -0.2) is 26.3 Å². The first-order valence-electron chi connectivity index (χ1n) is 3.70. The lowest BCUT2D eigenvalue weighted by Crippen LogP contribution is -2.23. The van der Waals surface area contributed by atoms with Gasteiger partial charge in [0.1, 0.15) is 12.4 Å². The molecule has 0 unspecified atom stereocenters. The first-order valence-corrected chi connectivity index (χ1v) is 5.43. The highest BCUT2D eigenvalue weighted by molar-refractivity contribution is 7.79. The monoisotopic (exact) mass is 257 g/mol. The molecule has 0 saturated carbocycles. The Bertz CT molecular complexity index is 353. The van der Waals surface area contributed by atoms with E-state index in [-0.39, 0.29) is 0 Å². The van der Waals surface area contributed by atoms with Crippen molar-refractivity contribution < 1.29 is 26.3 Å². The van der Waals surface area contributed by atoms with Crippen LogP contribution in [0.25, 0.3) is 0 Å². The number of aromatic nitrogens is 2. The van der Waals surface area contributed by atoms with Gasteiger partial charge in [0.15, 0.2) is 12.5 Å². The van der Waals surface area contributed by atoms with Gasteiger partial charge in [0.25, 0.3) is 0 Å². The molecule has 0 amide bonds. The molecule has 88 valence electrons. The van der Waals surface area contributed by atoms with E-state index in [9.17, 15) is 0 Å². The van der Waals surface area contributed by atoms with Crippen LogP contribution in [0.3, 0.4) is 0 Å². The zero-order valence-electron chi connectivity index (χ0n) is 8.27. The van der Waals surface area contributed by atoms with Crippen LogP contribution in [0.5, 0.6) is 0 Å². The molecule has 0 atom stereocenters. The SMILES string of the molecule is CCn1cc[n+](C)c1.O=S.O=S(=O)(O)O. The van der Waals surface area contributed by atoms with E-state index < -0.39 is 10.4 Å². The lowest BCUT2D eigenvalue weighted by atomic mass is 10.7. The minimum atomic E-state index is -4.67. The van der Waals surface area contributed by atoms with Crippen molar-refractivity contribution in [2.24, 2.45) is 7.05 Å².